The molecule has 1 aromatic rings. The maximum atomic E-state index is 12.3. The molecule has 1 fully saturated rings. The average Bonchev–Trinajstić information content (AvgIpc) is 3.35. The van der Waals surface area contributed by atoms with Gasteiger partial charge >= 0.3 is 5.97 Å². The lowest BCUT2D eigenvalue weighted by molar-refractivity contribution is -0.150. The molecule has 11 heteroatoms. The number of nitrogens with zero attached hydrogens (tertiary/aromatic N) is 1. The molecule has 3 atom stereocenters. The van der Waals surface area contributed by atoms with E-state index in [1.54, 1.807) is 18.2 Å². The largest absolute Gasteiger partial charge is 0.461 e. The van der Waals surface area contributed by atoms with Crippen molar-refractivity contribution in [2.75, 3.05) is 6.26 Å². The van der Waals surface area contributed by atoms with Crippen LogP contribution in [-0.2, 0) is 24.2 Å². The van der Waals surface area contributed by atoms with E-state index in [0.717, 1.165) is 37.5 Å². The molecule has 32 heavy (non-hydrogen) atoms. The highest BCUT2D eigenvalue weighted by molar-refractivity contribution is 8.14. The third-order valence-corrected chi connectivity index (χ3v) is 8.43. The van der Waals surface area contributed by atoms with Crippen LogP contribution >= 0.6 is 23.4 Å². The van der Waals surface area contributed by atoms with E-state index in [1.807, 2.05) is 6.92 Å². The molecule has 2 unspecified atom stereocenters. The number of nitrogens with two attached hydrogens (primary N) is 1. The number of nitrogens with one attached hydrogen (secondary N) is 1. The fourth-order valence-electron chi connectivity index (χ4n) is 3.74. The standard InChI is InChI=1S/C21H28ClN3O5S2/c1-12-19(13-7-8-15(22)17(11-13)32(2,28)29)31-21(24-12)25-18(26)10-9-16(23)20(27)30-14-5-3-4-6-14/h7-8,11-12,14,16,19H,3-6,9-10,23H2,1-2H3,(H,24,25,26)/t12?,16-,19?/m0/s1. The van der Waals surface area contributed by atoms with Crippen LogP contribution in [0.3, 0.4) is 0 Å². The van der Waals surface area contributed by atoms with Gasteiger partial charge in [-0.2, -0.15) is 0 Å². The van der Waals surface area contributed by atoms with Crippen molar-refractivity contribution in [1.82, 2.24) is 5.32 Å². The van der Waals surface area contributed by atoms with Crippen molar-refractivity contribution in [3.8, 4) is 0 Å². The summed E-state index contributed by atoms with van der Waals surface area (Å²) in [5.74, 6) is -0.753. The molecule has 1 heterocycles. The third kappa shape index (κ3) is 6.46. The van der Waals surface area contributed by atoms with E-state index in [-0.39, 0.29) is 46.1 Å². The van der Waals surface area contributed by atoms with Crippen LogP contribution in [0.25, 0.3) is 0 Å². The van der Waals surface area contributed by atoms with E-state index in [2.05, 4.69) is 10.3 Å². The van der Waals surface area contributed by atoms with Gasteiger partial charge in [-0.15, -0.1) is 0 Å². The summed E-state index contributed by atoms with van der Waals surface area (Å²) in [7, 11) is -3.46. The number of hydrogen-bond acceptors (Lipinski definition) is 8. The van der Waals surface area contributed by atoms with Crippen LogP contribution in [0.15, 0.2) is 28.1 Å². The molecule has 1 amide bonds. The Kier molecular flexibility index (Phi) is 8.24. The Morgan fingerprint density at radius 3 is 2.69 bits per heavy atom. The van der Waals surface area contributed by atoms with Crippen LogP contribution in [0.5, 0.6) is 0 Å². The van der Waals surface area contributed by atoms with Gasteiger partial charge in [0, 0.05) is 12.7 Å². The quantitative estimate of drug-likeness (QED) is 0.549. The highest BCUT2D eigenvalue weighted by Gasteiger charge is 2.31. The van der Waals surface area contributed by atoms with Crippen molar-refractivity contribution in [2.45, 2.75) is 73.8 Å². The molecule has 176 valence electrons. The number of halogens is 1. The first-order valence-corrected chi connectivity index (χ1v) is 13.7. The summed E-state index contributed by atoms with van der Waals surface area (Å²) >= 11 is 7.38. The van der Waals surface area contributed by atoms with Crippen LogP contribution in [0.2, 0.25) is 5.02 Å². The summed E-state index contributed by atoms with van der Waals surface area (Å²) in [5, 5.41) is 3.21. The van der Waals surface area contributed by atoms with Gasteiger partial charge in [0.1, 0.15) is 12.1 Å². The van der Waals surface area contributed by atoms with E-state index in [4.69, 9.17) is 22.1 Å². The highest BCUT2D eigenvalue weighted by atomic mass is 35.5. The summed E-state index contributed by atoms with van der Waals surface area (Å²) < 4.78 is 29.3. The molecule has 3 rings (SSSR count). The molecule has 1 saturated carbocycles. The lowest BCUT2D eigenvalue weighted by Gasteiger charge is -2.16. The maximum Gasteiger partial charge on any atom is 0.323 e. The molecule has 3 N–H and O–H groups in total. The second-order valence-corrected chi connectivity index (χ2v) is 11.7. The van der Waals surface area contributed by atoms with Crippen molar-refractivity contribution in [3.63, 3.8) is 0 Å². The molecular formula is C21H28ClN3O5S2. The number of ether oxygens (including phenoxy) is 1. The fourth-order valence-corrected chi connectivity index (χ4v) is 6.23. The van der Waals surface area contributed by atoms with Gasteiger partial charge in [-0.1, -0.05) is 29.4 Å². The lowest BCUT2D eigenvalue weighted by Crippen LogP contribution is -2.36. The molecule has 0 spiro atoms. The van der Waals surface area contributed by atoms with Gasteiger partial charge in [0.15, 0.2) is 15.0 Å². The van der Waals surface area contributed by atoms with Crippen LogP contribution in [0.4, 0.5) is 0 Å². The van der Waals surface area contributed by atoms with Gasteiger partial charge in [-0.25, -0.2) is 8.42 Å². The third-order valence-electron chi connectivity index (χ3n) is 5.50. The first-order valence-electron chi connectivity index (χ1n) is 10.5. The minimum Gasteiger partial charge on any atom is -0.461 e. The maximum absolute atomic E-state index is 12.3. The molecule has 2 aliphatic rings. The second-order valence-electron chi connectivity index (χ2n) is 8.21. The smallest absolute Gasteiger partial charge is 0.323 e. The number of aliphatic imine (C=N–C) groups is 1. The minimum atomic E-state index is -3.46. The molecule has 0 saturated heterocycles. The summed E-state index contributed by atoms with van der Waals surface area (Å²) in [4.78, 5) is 28.9. The van der Waals surface area contributed by atoms with Gasteiger partial charge in [0.05, 0.1) is 21.2 Å². The first-order chi connectivity index (χ1) is 15.0. The van der Waals surface area contributed by atoms with Gasteiger partial charge in [-0.05, 0) is 56.7 Å². The Morgan fingerprint density at radius 1 is 1.34 bits per heavy atom. The molecule has 0 radical (unpaired) electrons. The SMILES string of the molecule is CC1N=C(NC(=O)CC[C@H](N)C(=O)OC2CCCC2)SC1c1ccc(Cl)c(S(C)(=O)=O)c1. The molecule has 0 aromatic heterocycles. The molecule has 1 aromatic carbocycles. The van der Waals surface area contributed by atoms with Gasteiger partial charge in [-0.3, -0.25) is 14.6 Å². The fraction of sp³-hybridized carbons (Fsp3) is 0.571. The number of esters is 1. The van der Waals surface area contributed by atoms with Crippen molar-refractivity contribution in [1.29, 1.82) is 0 Å². The monoisotopic (exact) mass is 501 g/mol. The number of carbonyl (C=O) groups excluding carboxylic acids is 2. The van der Waals surface area contributed by atoms with E-state index in [1.165, 1.54) is 11.8 Å². The number of sulfone groups is 1. The lowest BCUT2D eigenvalue weighted by atomic mass is 10.1. The Labute approximate surface area is 197 Å². The molecular weight excluding hydrogens is 474 g/mol. The van der Waals surface area contributed by atoms with Crippen LogP contribution in [0.1, 0.15) is 56.3 Å². The normalized spacial score (nSPS) is 22.4. The second kappa shape index (κ2) is 10.5. The number of rotatable bonds is 7. The Hall–Kier alpha value is -1.62. The van der Waals surface area contributed by atoms with Crippen LogP contribution < -0.4 is 11.1 Å². The summed E-state index contributed by atoms with van der Waals surface area (Å²) in [5.41, 5.74) is 6.64. The molecule has 8 nitrogen and oxygen atoms in total. The zero-order valence-electron chi connectivity index (χ0n) is 18.0. The zero-order valence-corrected chi connectivity index (χ0v) is 20.4. The van der Waals surface area contributed by atoms with E-state index in [0.29, 0.717) is 5.17 Å². The molecule has 1 aliphatic heterocycles. The number of amidine groups is 1. The Bertz CT molecular complexity index is 1010. The van der Waals surface area contributed by atoms with E-state index < -0.39 is 21.8 Å². The Balaban J connectivity index is 1.51. The molecule has 1 aliphatic carbocycles. The van der Waals surface area contributed by atoms with E-state index >= 15 is 0 Å². The summed E-state index contributed by atoms with van der Waals surface area (Å²) in [6, 6.07) is 3.87. The van der Waals surface area contributed by atoms with Crippen molar-refractivity contribution >= 4 is 50.2 Å². The predicted molar refractivity (Wildman–Crippen MR) is 125 cm³/mol. The predicted octanol–water partition coefficient (Wildman–Crippen LogP) is 2.99. The first kappa shape index (κ1) is 25.0. The minimum absolute atomic E-state index is 0.0545. The molecule has 0 bridgehead atoms. The van der Waals surface area contributed by atoms with Crippen LogP contribution in [-0.4, -0.2) is 49.9 Å². The number of hydrogen-bond donors (Lipinski definition) is 2. The van der Waals surface area contributed by atoms with E-state index in [9.17, 15) is 18.0 Å². The van der Waals surface area contributed by atoms with Crippen LogP contribution in [0, 0.1) is 0 Å². The number of carbonyl (C=O) groups is 2. The van der Waals surface area contributed by atoms with Gasteiger partial charge in [0.2, 0.25) is 5.91 Å². The summed E-state index contributed by atoms with van der Waals surface area (Å²) in [6.45, 7) is 1.89. The number of benzene rings is 1. The number of thioether (sulfide) groups is 1. The van der Waals surface area contributed by atoms with Crippen molar-refractivity contribution in [2.24, 2.45) is 10.7 Å². The van der Waals surface area contributed by atoms with Crippen molar-refractivity contribution < 1.29 is 22.7 Å². The number of amides is 1. The summed E-state index contributed by atoms with van der Waals surface area (Å²) in [6.07, 6.45) is 5.16. The zero-order chi connectivity index (χ0) is 23.5. The highest BCUT2D eigenvalue weighted by Crippen LogP contribution is 2.41. The van der Waals surface area contributed by atoms with Gasteiger partial charge < -0.3 is 15.8 Å². The Morgan fingerprint density at radius 2 is 2.03 bits per heavy atom. The average molecular weight is 502 g/mol. The topological polar surface area (TPSA) is 128 Å². The van der Waals surface area contributed by atoms with Gasteiger partial charge in [0.25, 0.3) is 0 Å². The van der Waals surface area contributed by atoms with Crippen molar-refractivity contribution in [3.05, 3.63) is 28.8 Å².